The first-order valence-corrected chi connectivity index (χ1v) is 5.06. The van der Waals surface area contributed by atoms with Crippen LogP contribution in [0.2, 0.25) is 0 Å². The molecule has 3 nitrogen and oxygen atoms in total. The molecule has 1 rings (SSSR count). The summed E-state index contributed by atoms with van der Waals surface area (Å²) < 4.78 is -0.274. The molecule has 0 bridgehead atoms. The number of rotatable bonds is 2. The third-order valence-electron chi connectivity index (χ3n) is 1.27. The van der Waals surface area contributed by atoms with Crippen LogP contribution in [0.25, 0.3) is 0 Å². The Morgan fingerprint density at radius 3 is 2.64 bits per heavy atom. The lowest BCUT2D eigenvalue weighted by molar-refractivity contribution is 0.265. The third-order valence-corrected chi connectivity index (χ3v) is 3.59. The summed E-state index contributed by atoms with van der Waals surface area (Å²) in [5, 5.41) is 18.7. The van der Waals surface area contributed by atoms with Gasteiger partial charge in [0.2, 0.25) is 0 Å². The molecule has 1 atom stereocenters. The molecule has 0 fully saturated rings. The van der Waals surface area contributed by atoms with Gasteiger partial charge in [-0.1, -0.05) is 22.6 Å². The summed E-state index contributed by atoms with van der Waals surface area (Å²) in [6, 6.07) is 0. The molecule has 0 aromatic carbocycles. The molecule has 0 aliphatic rings. The highest BCUT2D eigenvalue weighted by atomic mass is 127. The van der Waals surface area contributed by atoms with Gasteiger partial charge in [-0.2, -0.15) is 0 Å². The number of alkyl halides is 1. The minimum atomic E-state index is -0.274. The van der Waals surface area contributed by atoms with Gasteiger partial charge in [0, 0.05) is 0 Å². The lowest BCUT2D eigenvalue weighted by Gasteiger charge is -2.14. The number of hydrogen-bond donors (Lipinski definition) is 1. The van der Waals surface area contributed by atoms with Crippen molar-refractivity contribution in [2.45, 2.75) is 17.3 Å². The summed E-state index contributed by atoms with van der Waals surface area (Å²) in [7, 11) is 0. The molecule has 1 aromatic heterocycles. The Morgan fingerprint density at radius 2 is 2.27 bits per heavy atom. The van der Waals surface area contributed by atoms with Crippen molar-refractivity contribution in [3.8, 4) is 0 Å². The highest BCUT2D eigenvalue weighted by molar-refractivity contribution is 14.1. The molecule has 1 unspecified atom stereocenters. The number of nitrogens with zero attached hydrogens (tertiary/aromatic N) is 2. The van der Waals surface area contributed by atoms with E-state index in [2.05, 4.69) is 32.8 Å². The van der Waals surface area contributed by atoms with E-state index in [0.29, 0.717) is 0 Å². The van der Waals surface area contributed by atoms with E-state index >= 15 is 0 Å². The average Bonchev–Trinajstić information content (AvgIpc) is 2.36. The molecule has 0 aliphatic heterocycles. The third kappa shape index (κ3) is 2.09. The van der Waals surface area contributed by atoms with Crippen molar-refractivity contribution in [2.24, 2.45) is 0 Å². The zero-order valence-corrected chi connectivity index (χ0v) is 9.31. The van der Waals surface area contributed by atoms with Crippen molar-refractivity contribution in [1.82, 2.24) is 10.2 Å². The minimum Gasteiger partial charge on any atom is -0.395 e. The van der Waals surface area contributed by atoms with Gasteiger partial charge < -0.3 is 5.11 Å². The fourth-order valence-electron chi connectivity index (χ4n) is 0.575. The molecule has 0 aliphatic carbocycles. The van der Waals surface area contributed by atoms with Crippen LogP contribution in [0.1, 0.15) is 16.9 Å². The van der Waals surface area contributed by atoms with Crippen LogP contribution in [0.4, 0.5) is 0 Å². The second kappa shape index (κ2) is 3.32. The maximum absolute atomic E-state index is 8.99. The fourth-order valence-corrected chi connectivity index (χ4v) is 1.73. The van der Waals surface area contributed by atoms with Crippen LogP contribution in [-0.4, -0.2) is 21.9 Å². The normalized spacial score (nSPS) is 16.4. The predicted molar refractivity (Wildman–Crippen MR) is 53.1 cm³/mol. The molecule has 5 heteroatoms. The Balaban J connectivity index is 2.92. The van der Waals surface area contributed by atoms with Crippen molar-refractivity contribution < 1.29 is 5.11 Å². The van der Waals surface area contributed by atoms with Crippen molar-refractivity contribution >= 4 is 33.9 Å². The number of aliphatic hydroxyl groups is 1. The molecule has 0 saturated heterocycles. The summed E-state index contributed by atoms with van der Waals surface area (Å²) in [5.41, 5.74) is 0. The van der Waals surface area contributed by atoms with E-state index in [9.17, 15) is 0 Å². The predicted octanol–water partition coefficient (Wildman–Crippen LogP) is 1.49. The van der Waals surface area contributed by atoms with Gasteiger partial charge in [0.1, 0.15) is 10.0 Å². The van der Waals surface area contributed by atoms with Gasteiger partial charge in [-0.15, -0.1) is 21.5 Å². The lowest BCUT2D eigenvalue weighted by Crippen LogP contribution is -2.17. The number of hydrogen-bond acceptors (Lipinski definition) is 4. The number of halogens is 1. The first kappa shape index (κ1) is 9.34. The monoisotopic (exact) mass is 284 g/mol. The second-order valence-corrected chi connectivity index (χ2v) is 6.04. The van der Waals surface area contributed by atoms with Gasteiger partial charge in [0.15, 0.2) is 0 Å². The SMILES string of the molecule is Cc1nnc(C(C)(I)CO)s1. The van der Waals surface area contributed by atoms with Gasteiger partial charge in [0.25, 0.3) is 0 Å². The van der Waals surface area contributed by atoms with E-state index in [1.165, 1.54) is 11.3 Å². The van der Waals surface area contributed by atoms with E-state index in [1.807, 2.05) is 13.8 Å². The van der Waals surface area contributed by atoms with Gasteiger partial charge in [-0.25, -0.2) is 0 Å². The maximum Gasteiger partial charge on any atom is 0.135 e. The summed E-state index contributed by atoms with van der Waals surface area (Å²) in [6.45, 7) is 3.95. The largest absolute Gasteiger partial charge is 0.395 e. The van der Waals surface area contributed by atoms with E-state index in [1.54, 1.807) is 0 Å². The molecule has 11 heavy (non-hydrogen) atoms. The fraction of sp³-hybridized carbons (Fsp3) is 0.667. The molecule has 1 heterocycles. The average molecular weight is 284 g/mol. The minimum absolute atomic E-state index is 0.0994. The summed E-state index contributed by atoms with van der Waals surface area (Å²) in [5.74, 6) is 0. The van der Waals surface area contributed by atoms with Gasteiger partial charge in [-0.3, -0.25) is 0 Å². The van der Waals surface area contributed by atoms with Crippen LogP contribution >= 0.6 is 33.9 Å². The molecular formula is C6H9IN2OS. The Kier molecular flexibility index (Phi) is 2.82. The standard InChI is InChI=1S/C6H9IN2OS/c1-4-8-9-5(11-4)6(2,7)3-10/h10H,3H2,1-2H3. The van der Waals surface area contributed by atoms with E-state index in [0.717, 1.165) is 10.0 Å². The van der Waals surface area contributed by atoms with E-state index in [-0.39, 0.29) is 10.0 Å². The van der Waals surface area contributed by atoms with Crippen LogP contribution < -0.4 is 0 Å². The second-order valence-electron chi connectivity index (χ2n) is 2.48. The number of aryl methyl sites for hydroxylation is 1. The number of aromatic nitrogens is 2. The maximum atomic E-state index is 8.99. The molecule has 1 aromatic rings. The quantitative estimate of drug-likeness (QED) is 0.661. The molecule has 0 spiro atoms. The number of aliphatic hydroxyl groups excluding tert-OH is 1. The summed E-state index contributed by atoms with van der Waals surface area (Å²) >= 11 is 3.71. The zero-order valence-electron chi connectivity index (χ0n) is 6.33. The summed E-state index contributed by atoms with van der Waals surface area (Å²) in [6.07, 6.45) is 0. The van der Waals surface area contributed by atoms with Crippen LogP contribution in [0.5, 0.6) is 0 Å². The molecule has 0 saturated carbocycles. The van der Waals surface area contributed by atoms with Crippen molar-refractivity contribution in [1.29, 1.82) is 0 Å². The van der Waals surface area contributed by atoms with Crippen LogP contribution in [0.3, 0.4) is 0 Å². The summed E-state index contributed by atoms with van der Waals surface area (Å²) in [4.78, 5) is 0. The van der Waals surface area contributed by atoms with Crippen LogP contribution in [0, 0.1) is 6.92 Å². The smallest absolute Gasteiger partial charge is 0.135 e. The Morgan fingerprint density at radius 1 is 1.64 bits per heavy atom. The molecular weight excluding hydrogens is 275 g/mol. The highest BCUT2D eigenvalue weighted by Crippen LogP contribution is 2.32. The van der Waals surface area contributed by atoms with Gasteiger partial charge in [-0.05, 0) is 13.8 Å². The van der Waals surface area contributed by atoms with Crippen molar-refractivity contribution in [2.75, 3.05) is 6.61 Å². The first-order valence-electron chi connectivity index (χ1n) is 3.16. The van der Waals surface area contributed by atoms with Crippen LogP contribution in [0.15, 0.2) is 0 Å². The van der Waals surface area contributed by atoms with E-state index < -0.39 is 0 Å². The molecule has 0 radical (unpaired) electrons. The van der Waals surface area contributed by atoms with Gasteiger partial charge in [0.05, 0.1) is 10.0 Å². The zero-order chi connectivity index (χ0) is 8.48. The molecule has 0 amide bonds. The first-order chi connectivity index (χ1) is 5.06. The highest BCUT2D eigenvalue weighted by Gasteiger charge is 2.25. The van der Waals surface area contributed by atoms with Gasteiger partial charge >= 0.3 is 0 Å². The lowest BCUT2D eigenvalue weighted by atomic mass is 10.2. The van der Waals surface area contributed by atoms with Crippen LogP contribution in [-0.2, 0) is 3.42 Å². The Labute approximate surface area is 83.0 Å². The molecule has 1 N–H and O–H groups in total. The Hall–Kier alpha value is 0.250. The van der Waals surface area contributed by atoms with Crippen molar-refractivity contribution in [3.05, 3.63) is 10.0 Å². The molecule has 62 valence electrons. The Bertz CT molecular complexity index is 248. The van der Waals surface area contributed by atoms with E-state index in [4.69, 9.17) is 5.11 Å². The van der Waals surface area contributed by atoms with Crippen molar-refractivity contribution in [3.63, 3.8) is 0 Å². The topological polar surface area (TPSA) is 46.0 Å².